The number of nitrogens with zero attached hydrogens (tertiary/aromatic N) is 1. The number of halogens is 4. The van der Waals surface area contributed by atoms with E-state index in [4.69, 9.17) is 38.5 Å². The van der Waals surface area contributed by atoms with Gasteiger partial charge >= 0.3 is 0 Å². The molecule has 0 aliphatic rings. The molecule has 0 aromatic heterocycles. The third kappa shape index (κ3) is 5.18. The molecule has 0 fully saturated rings. The van der Waals surface area contributed by atoms with Crippen molar-refractivity contribution in [2.75, 3.05) is 5.01 Å². The smallest absolute Gasteiger partial charge is 0.165 e. The van der Waals surface area contributed by atoms with Gasteiger partial charge in [0.1, 0.15) is 11.5 Å². The van der Waals surface area contributed by atoms with E-state index >= 15 is 0 Å². The summed E-state index contributed by atoms with van der Waals surface area (Å²) < 4.78 is 38.8. The zero-order valence-electron chi connectivity index (χ0n) is 16.9. The first-order valence-corrected chi connectivity index (χ1v) is 10.4. The molecule has 0 bridgehead atoms. The highest BCUT2D eigenvalue weighted by Gasteiger charge is 2.17. The molecule has 3 N–H and O–H groups in total. The van der Waals surface area contributed by atoms with Crippen molar-refractivity contribution in [1.29, 1.82) is 0 Å². The molecule has 0 heterocycles. The van der Waals surface area contributed by atoms with Gasteiger partial charge in [0.2, 0.25) is 0 Å². The number of para-hydroxylation sites is 2. The molecule has 168 valence electrons. The Kier molecular flexibility index (Phi) is 6.96. The lowest BCUT2D eigenvalue weighted by Crippen LogP contribution is -2.39. The Balaban J connectivity index is 1.58. The SMILES string of the molecule is NNN(c1ccc(Oc2ccccc2F)cc1Cl)c1ccc(Oc2ccccc2F)cc1Cl. The van der Waals surface area contributed by atoms with Gasteiger partial charge in [0.25, 0.3) is 0 Å². The summed E-state index contributed by atoms with van der Waals surface area (Å²) in [6.07, 6.45) is 0. The predicted molar refractivity (Wildman–Crippen MR) is 125 cm³/mol. The number of nitrogens with one attached hydrogen (secondary N) is 1. The van der Waals surface area contributed by atoms with Crippen molar-refractivity contribution in [2.24, 2.45) is 5.84 Å². The van der Waals surface area contributed by atoms with E-state index in [9.17, 15) is 8.78 Å². The van der Waals surface area contributed by atoms with Crippen LogP contribution in [0.1, 0.15) is 0 Å². The van der Waals surface area contributed by atoms with Gasteiger partial charge in [-0.05, 0) is 48.5 Å². The van der Waals surface area contributed by atoms with Crippen LogP contribution in [-0.2, 0) is 0 Å². The largest absolute Gasteiger partial charge is 0.454 e. The first-order valence-electron chi connectivity index (χ1n) is 9.66. The van der Waals surface area contributed by atoms with Gasteiger partial charge in [0.05, 0.1) is 21.4 Å². The highest BCUT2D eigenvalue weighted by Crippen LogP contribution is 2.39. The van der Waals surface area contributed by atoms with Crippen molar-refractivity contribution in [1.82, 2.24) is 5.53 Å². The number of anilines is 2. The first kappa shape index (κ1) is 22.8. The fraction of sp³-hybridized carbons (Fsp3) is 0. The van der Waals surface area contributed by atoms with Crippen LogP contribution in [0.2, 0.25) is 10.0 Å². The molecule has 4 aromatic rings. The third-order valence-corrected chi connectivity index (χ3v) is 5.18. The molecular weight excluding hydrogens is 471 g/mol. The summed E-state index contributed by atoms with van der Waals surface area (Å²) in [5.41, 5.74) is 3.46. The fourth-order valence-electron chi connectivity index (χ4n) is 3.04. The highest BCUT2D eigenvalue weighted by atomic mass is 35.5. The Hall–Kier alpha value is -3.36. The summed E-state index contributed by atoms with van der Waals surface area (Å²) in [6.45, 7) is 0. The van der Waals surface area contributed by atoms with Crippen LogP contribution in [0.4, 0.5) is 20.2 Å². The van der Waals surface area contributed by atoms with Gasteiger partial charge < -0.3 is 9.47 Å². The highest BCUT2D eigenvalue weighted by molar-refractivity contribution is 6.35. The molecule has 4 aromatic carbocycles. The Morgan fingerprint density at radius 2 is 1.09 bits per heavy atom. The topological polar surface area (TPSA) is 59.8 Å². The number of benzene rings is 4. The van der Waals surface area contributed by atoms with Crippen LogP contribution in [0.25, 0.3) is 0 Å². The molecule has 0 unspecified atom stereocenters. The van der Waals surface area contributed by atoms with Crippen LogP contribution in [-0.4, -0.2) is 0 Å². The Morgan fingerprint density at radius 1 is 0.667 bits per heavy atom. The fourth-order valence-corrected chi connectivity index (χ4v) is 3.55. The summed E-state index contributed by atoms with van der Waals surface area (Å²) in [5, 5.41) is 1.99. The van der Waals surface area contributed by atoms with Gasteiger partial charge in [0, 0.05) is 12.1 Å². The average molecular weight is 488 g/mol. The summed E-state index contributed by atoms with van der Waals surface area (Å²) in [7, 11) is 0. The van der Waals surface area contributed by atoms with Crippen molar-refractivity contribution in [2.45, 2.75) is 0 Å². The van der Waals surface area contributed by atoms with Crippen LogP contribution in [0, 0.1) is 11.6 Å². The molecule has 33 heavy (non-hydrogen) atoms. The van der Waals surface area contributed by atoms with E-state index in [1.165, 1.54) is 41.4 Å². The molecule has 5 nitrogen and oxygen atoms in total. The van der Waals surface area contributed by atoms with Crippen LogP contribution in [0.15, 0.2) is 84.9 Å². The summed E-state index contributed by atoms with van der Waals surface area (Å²) in [5.74, 6) is 5.57. The van der Waals surface area contributed by atoms with E-state index in [0.717, 1.165) is 0 Å². The van der Waals surface area contributed by atoms with Crippen molar-refractivity contribution in [3.8, 4) is 23.0 Å². The minimum absolute atomic E-state index is 0.0728. The number of hydrogen-bond acceptors (Lipinski definition) is 5. The van der Waals surface area contributed by atoms with E-state index in [0.29, 0.717) is 22.9 Å². The molecule has 0 saturated carbocycles. The lowest BCUT2D eigenvalue weighted by molar-refractivity contribution is 0.442. The third-order valence-electron chi connectivity index (χ3n) is 4.58. The number of nitrogens with two attached hydrogens (primary N) is 1. The Labute approximate surface area is 198 Å². The van der Waals surface area contributed by atoms with E-state index in [1.54, 1.807) is 48.5 Å². The predicted octanol–water partition coefficient (Wildman–Crippen LogP) is 7.37. The maximum atomic E-state index is 13.9. The summed E-state index contributed by atoms with van der Waals surface area (Å²) in [4.78, 5) is 0. The van der Waals surface area contributed by atoms with Crippen molar-refractivity contribution in [3.63, 3.8) is 0 Å². The van der Waals surface area contributed by atoms with Crippen molar-refractivity contribution >= 4 is 34.6 Å². The quantitative estimate of drug-likeness (QED) is 0.210. The maximum absolute atomic E-state index is 13.9. The number of hydrazine groups is 2. The minimum atomic E-state index is -0.493. The molecule has 0 aliphatic heterocycles. The summed E-state index contributed by atoms with van der Waals surface area (Å²) >= 11 is 12.9. The number of ether oxygens (including phenoxy) is 2. The lowest BCUT2D eigenvalue weighted by Gasteiger charge is -2.25. The molecule has 0 aliphatic carbocycles. The Bertz CT molecular complexity index is 1190. The second kappa shape index (κ2) is 10.1. The molecule has 4 rings (SSSR count). The van der Waals surface area contributed by atoms with E-state index < -0.39 is 11.6 Å². The normalized spacial score (nSPS) is 10.7. The van der Waals surface area contributed by atoms with Crippen molar-refractivity contribution < 1.29 is 18.3 Å². The molecule has 0 radical (unpaired) electrons. The average Bonchev–Trinajstić information content (AvgIpc) is 2.80. The van der Waals surface area contributed by atoms with Crippen LogP contribution in [0.5, 0.6) is 23.0 Å². The van der Waals surface area contributed by atoms with Gasteiger partial charge in [-0.15, -0.1) is 0 Å². The van der Waals surface area contributed by atoms with Gasteiger partial charge in [-0.2, -0.15) is 5.53 Å². The molecular formula is C24H17Cl2F2N3O2. The zero-order valence-corrected chi connectivity index (χ0v) is 18.4. The Morgan fingerprint density at radius 3 is 1.45 bits per heavy atom. The van der Waals surface area contributed by atoms with Gasteiger partial charge in [-0.25, -0.2) is 8.78 Å². The molecule has 0 saturated heterocycles. The van der Waals surface area contributed by atoms with Gasteiger partial charge in [0.15, 0.2) is 23.1 Å². The zero-order chi connectivity index (χ0) is 23.4. The second-order valence-electron chi connectivity index (χ2n) is 6.76. The molecule has 0 spiro atoms. The molecule has 0 amide bonds. The van der Waals surface area contributed by atoms with Gasteiger partial charge in [-0.3, -0.25) is 10.9 Å². The number of rotatable bonds is 7. The van der Waals surface area contributed by atoms with E-state index in [-0.39, 0.29) is 21.5 Å². The van der Waals surface area contributed by atoms with Gasteiger partial charge in [-0.1, -0.05) is 47.5 Å². The standard InChI is InChI=1S/C24H17Cl2F2N3O2/c25-17-13-15(32-23-7-3-1-5-19(23)27)9-11-21(17)31(30-29)22-12-10-16(14-18(22)26)33-24-8-4-2-6-20(24)28/h1-14,30H,29H2. The van der Waals surface area contributed by atoms with Crippen LogP contribution < -0.4 is 25.9 Å². The lowest BCUT2D eigenvalue weighted by atomic mass is 10.2. The minimum Gasteiger partial charge on any atom is -0.454 e. The maximum Gasteiger partial charge on any atom is 0.165 e. The van der Waals surface area contributed by atoms with Crippen LogP contribution >= 0.6 is 23.2 Å². The number of hydrogen-bond donors (Lipinski definition) is 2. The first-order chi connectivity index (χ1) is 16.0. The van der Waals surface area contributed by atoms with Crippen molar-refractivity contribution in [3.05, 3.63) is 107 Å². The van der Waals surface area contributed by atoms with Crippen LogP contribution in [0.3, 0.4) is 0 Å². The van der Waals surface area contributed by atoms with E-state index in [2.05, 4.69) is 5.53 Å². The van der Waals surface area contributed by atoms with E-state index in [1.807, 2.05) is 0 Å². The summed E-state index contributed by atoms with van der Waals surface area (Å²) in [6, 6.07) is 21.6. The molecule has 0 atom stereocenters. The molecule has 9 heteroatoms. The monoisotopic (exact) mass is 487 g/mol. The second-order valence-corrected chi connectivity index (χ2v) is 7.57.